The van der Waals surface area contributed by atoms with Crippen LogP contribution in [0.1, 0.15) is 19.7 Å². The van der Waals surface area contributed by atoms with Gasteiger partial charge in [-0.25, -0.2) is 14.8 Å². The summed E-state index contributed by atoms with van der Waals surface area (Å²) in [4.78, 5) is 44.4. The number of carbonyl (C=O) groups excluding carboxylic acids is 1. The van der Waals surface area contributed by atoms with E-state index in [1.807, 2.05) is 13.8 Å². The molecule has 0 saturated heterocycles. The molecular formula is C14H19N5O3S. The van der Waals surface area contributed by atoms with Crippen LogP contribution < -0.4 is 17.0 Å². The van der Waals surface area contributed by atoms with Crippen molar-refractivity contribution >= 4 is 28.7 Å². The molecule has 2 N–H and O–H groups in total. The maximum Gasteiger partial charge on any atom is 0.332 e. The lowest BCUT2D eigenvalue weighted by atomic mass is 10.1. The highest BCUT2D eigenvalue weighted by molar-refractivity contribution is 8.00. The van der Waals surface area contributed by atoms with Crippen molar-refractivity contribution in [3.05, 3.63) is 26.7 Å². The molecule has 0 atom stereocenters. The lowest BCUT2D eigenvalue weighted by molar-refractivity contribution is -0.115. The Balaban J connectivity index is 2.80. The molecule has 2 rings (SSSR count). The van der Waals surface area contributed by atoms with Gasteiger partial charge in [0.25, 0.3) is 5.56 Å². The predicted octanol–water partition coefficient (Wildman–Crippen LogP) is -0.197. The molecule has 0 radical (unpaired) electrons. The quantitative estimate of drug-likeness (QED) is 0.597. The lowest BCUT2D eigenvalue weighted by Crippen LogP contribution is -2.38. The maximum absolute atomic E-state index is 12.4. The van der Waals surface area contributed by atoms with Gasteiger partial charge in [0.2, 0.25) is 5.91 Å². The monoisotopic (exact) mass is 337 g/mol. The summed E-state index contributed by atoms with van der Waals surface area (Å²) >= 11 is 1.08. The van der Waals surface area contributed by atoms with Crippen molar-refractivity contribution < 1.29 is 4.79 Å². The van der Waals surface area contributed by atoms with E-state index in [-0.39, 0.29) is 16.8 Å². The van der Waals surface area contributed by atoms with Crippen molar-refractivity contribution in [1.29, 1.82) is 0 Å². The maximum atomic E-state index is 12.4. The summed E-state index contributed by atoms with van der Waals surface area (Å²) in [5.41, 5.74) is 4.52. The van der Waals surface area contributed by atoms with E-state index in [9.17, 15) is 14.4 Å². The summed E-state index contributed by atoms with van der Waals surface area (Å²) in [5, 5.41) is 0.606. The standard InChI is InChI=1S/C14H19N5O3S/c1-7(2)5-9-16-11-10(12(17-9)23-6-8(15)20)13(21)19(4)14(22)18(11)3/h7H,5-6H2,1-4H3,(H2,15,20). The van der Waals surface area contributed by atoms with Crippen molar-refractivity contribution in [2.45, 2.75) is 25.3 Å². The van der Waals surface area contributed by atoms with Gasteiger partial charge >= 0.3 is 5.69 Å². The summed E-state index contributed by atoms with van der Waals surface area (Å²) in [6.45, 7) is 4.04. The topological polar surface area (TPSA) is 113 Å². The Kier molecular flexibility index (Phi) is 4.88. The summed E-state index contributed by atoms with van der Waals surface area (Å²) in [5.74, 6) is 0.334. The average Bonchev–Trinajstić information content (AvgIpc) is 2.47. The zero-order valence-electron chi connectivity index (χ0n) is 13.5. The Morgan fingerprint density at radius 3 is 2.43 bits per heavy atom. The third-order valence-corrected chi connectivity index (χ3v) is 4.25. The molecule has 0 aromatic carbocycles. The zero-order chi connectivity index (χ0) is 17.3. The number of hydrogen-bond acceptors (Lipinski definition) is 6. The Labute approximate surface area is 136 Å². The minimum Gasteiger partial charge on any atom is -0.369 e. The second-order valence-corrected chi connectivity index (χ2v) is 6.67. The number of hydrogen-bond donors (Lipinski definition) is 1. The molecule has 2 aromatic heterocycles. The fourth-order valence-corrected chi connectivity index (χ4v) is 2.94. The van der Waals surface area contributed by atoms with Crippen LogP contribution in [0, 0.1) is 5.92 Å². The Morgan fingerprint density at radius 1 is 1.22 bits per heavy atom. The van der Waals surface area contributed by atoms with Crippen molar-refractivity contribution in [2.24, 2.45) is 25.7 Å². The first-order valence-electron chi connectivity index (χ1n) is 7.10. The van der Waals surface area contributed by atoms with Crippen LogP contribution >= 0.6 is 11.8 Å². The highest BCUT2D eigenvalue weighted by atomic mass is 32.2. The van der Waals surface area contributed by atoms with E-state index < -0.39 is 17.2 Å². The van der Waals surface area contributed by atoms with E-state index in [1.54, 1.807) is 7.05 Å². The number of aryl methyl sites for hydroxylation is 1. The number of rotatable bonds is 5. The van der Waals surface area contributed by atoms with Gasteiger partial charge in [-0.15, -0.1) is 0 Å². The molecule has 0 aliphatic carbocycles. The van der Waals surface area contributed by atoms with Crippen LogP contribution in [0.4, 0.5) is 0 Å². The third-order valence-electron chi connectivity index (χ3n) is 3.26. The second-order valence-electron chi connectivity index (χ2n) is 5.70. The first kappa shape index (κ1) is 17.2. The number of thioether (sulfide) groups is 1. The Hall–Kier alpha value is -2.16. The number of nitrogens with two attached hydrogens (primary N) is 1. The molecule has 0 spiro atoms. The van der Waals surface area contributed by atoms with Crippen LogP contribution in [0.3, 0.4) is 0 Å². The summed E-state index contributed by atoms with van der Waals surface area (Å²) in [6.07, 6.45) is 0.601. The molecule has 0 aliphatic rings. The molecule has 124 valence electrons. The summed E-state index contributed by atoms with van der Waals surface area (Å²) in [7, 11) is 2.95. The fourth-order valence-electron chi connectivity index (χ4n) is 2.17. The van der Waals surface area contributed by atoms with E-state index in [0.29, 0.717) is 23.2 Å². The number of primary amides is 1. The van der Waals surface area contributed by atoms with Gasteiger partial charge in [-0.1, -0.05) is 25.6 Å². The number of amides is 1. The molecule has 2 aromatic rings. The molecule has 0 bridgehead atoms. The van der Waals surface area contributed by atoms with Gasteiger partial charge in [-0.05, 0) is 5.92 Å². The van der Waals surface area contributed by atoms with Crippen LogP contribution in [0.25, 0.3) is 11.0 Å². The molecular weight excluding hydrogens is 318 g/mol. The molecule has 0 aliphatic heterocycles. The van der Waals surface area contributed by atoms with E-state index in [1.165, 1.54) is 11.6 Å². The van der Waals surface area contributed by atoms with Gasteiger partial charge in [-0.3, -0.25) is 18.7 Å². The third kappa shape index (κ3) is 3.44. The van der Waals surface area contributed by atoms with E-state index in [2.05, 4.69) is 9.97 Å². The highest BCUT2D eigenvalue weighted by Gasteiger charge is 2.18. The van der Waals surface area contributed by atoms with Crippen LogP contribution in [0.5, 0.6) is 0 Å². The number of fused-ring (bicyclic) bond motifs is 1. The fraction of sp³-hybridized carbons (Fsp3) is 0.500. The summed E-state index contributed by atoms with van der Waals surface area (Å²) in [6, 6.07) is 0. The molecule has 1 amide bonds. The first-order chi connectivity index (χ1) is 10.7. The predicted molar refractivity (Wildman–Crippen MR) is 88.5 cm³/mol. The zero-order valence-corrected chi connectivity index (χ0v) is 14.3. The molecule has 8 nitrogen and oxygen atoms in total. The van der Waals surface area contributed by atoms with Crippen molar-refractivity contribution in [3.8, 4) is 0 Å². The van der Waals surface area contributed by atoms with E-state index in [0.717, 1.165) is 16.3 Å². The second kappa shape index (κ2) is 6.53. The van der Waals surface area contributed by atoms with Gasteiger partial charge in [0.1, 0.15) is 16.2 Å². The molecule has 0 saturated carbocycles. The van der Waals surface area contributed by atoms with Gasteiger partial charge in [-0.2, -0.15) is 0 Å². The van der Waals surface area contributed by atoms with Gasteiger partial charge in [0.05, 0.1) is 5.75 Å². The normalized spacial score (nSPS) is 11.3. The van der Waals surface area contributed by atoms with Crippen LogP contribution in [-0.2, 0) is 25.3 Å². The minimum absolute atomic E-state index is 0.000767. The van der Waals surface area contributed by atoms with Gasteiger partial charge in [0.15, 0.2) is 5.65 Å². The number of nitrogens with zero attached hydrogens (tertiary/aromatic N) is 4. The summed E-state index contributed by atoms with van der Waals surface area (Å²) < 4.78 is 2.32. The lowest BCUT2D eigenvalue weighted by Gasteiger charge is -2.12. The van der Waals surface area contributed by atoms with E-state index in [4.69, 9.17) is 5.73 Å². The first-order valence-corrected chi connectivity index (χ1v) is 8.08. The molecule has 23 heavy (non-hydrogen) atoms. The van der Waals surface area contributed by atoms with Crippen LogP contribution in [0.15, 0.2) is 14.6 Å². The van der Waals surface area contributed by atoms with Crippen LogP contribution in [-0.4, -0.2) is 30.8 Å². The molecule has 0 fully saturated rings. The molecule has 2 heterocycles. The SMILES string of the molecule is CC(C)Cc1nc(SCC(N)=O)c2c(=O)n(C)c(=O)n(C)c2n1. The van der Waals surface area contributed by atoms with Gasteiger partial charge < -0.3 is 5.73 Å². The minimum atomic E-state index is -0.506. The van der Waals surface area contributed by atoms with E-state index >= 15 is 0 Å². The molecule has 0 unspecified atom stereocenters. The number of aromatic nitrogens is 4. The van der Waals surface area contributed by atoms with Crippen molar-refractivity contribution in [2.75, 3.05) is 5.75 Å². The smallest absolute Gasteiger partial charge is 0.332 e. The molecule has 9 heteroatoms. The average molecular weight is 337 g/mol. The largest absolute Gasteiger partial charge is 0.369 e. The highest BCUT2D eigenvalue weighted by Crippen LogP contribution is 2.22. The van der Waals surface area contributed by atoms with Crippen molar-refractivity contribution in [3.63, 3.8) is 0 Å². The van der Waals surface area contributed by atoms with Crippen molar-refractivity contribution in [1.82, 2.24) is 19.1 Å². The van der Waals surface area contributed by atoms with Gasteiger partial charge in [0, 0.05) is 20.5 Å². The Bertz CT molecular complexity index is 885. The van der Waals surface area contributed by atoms with Crippen LogP contribution in [0.2, 0.25) is 0 Å². The Morgan fingerprint density at radius 2 is 1.87 bits per heavy atom. The number of carbonyl (C=O) groups is 1.